The van der Waals surface area contributed by atoms with E-state index >= 15 is 0 Å². The van der Waals surface area contributed by atoms with Crippen LogP contribution in [0.4, 0.5) is 10.5 Å². The van der Waals surface area contributed by atoms with Crippen LogP contribution in [0.3, 0.4) is 0 Å². The minimum absolute atomic E-state index is 0.0987. The van der Waals surface area contributed by atoms with Gasteiger partial charge in [0, 0.05) is 0 Å². The quantitative estimate of drug-likeness (QED) is 0.353. The molecule has 2 aliphatic rings. The molecule has 2 saturated heterocycles. The second-order valence-electron chi connectivity index (χ2n) is 9.96. The molecule has 0 bridgehead atoms. The van der Waals surface area contributed by atoms with Gasteiger partial charge in [0.05, 0.1) is 0 Å². The topological polar surface area (TPSA) is 121 Å². The third-order valence-electron chi connectivity index (χ3n) is 7.23. The molecule has 0 saturated carbocycles. The van der Waals surface area contributed by atoms with E-state index in [1.165, 1.54) is 4.90 Å². The van der Waals surface area contributed by atoms with Crippen molar-refractivity contribution < 1.29 is 28.4 Å². The van der Waals surface area contributed by atoms with E-state index in [4.69, 9.17) is 9.47 Å². The molecule has 0 radical (unpaired) electrons. The summed E-state index contributed by atoms with van der Waals surface area (Å²) in [5, 5.41) is 2.66. The van der Waals surface area contributed by atoms with Crippen LogP contribution < -0.4 is 10.2 Å². The van der Waals surface area contributed by atoms with Crippen molar-refractivity contribution in [1.82, 2.24) is 20.1 Å². The van der Waals surface area contributed by atoms with Crippen molar-refractivity contribution >= 4 is 31.5 Å². The summed E-state index contributed by atoms with van der Waals surface area (Å²) >= 11 is 0. The number of piperazine rings is 1. The van der Waals surface area contributed by atoms with Crippen LogP contribution in [-0.2, 0) is 18.8 Å². The molecule has 2 aliphatic heterocycles. The monoisotopic (exact) mass is 581 g/mol. The number of rotatable bonds is 9. The molecule has 218 valence electrons. The summed E-state index contributed by atoms with van der Waals surface area (Å²) in [7, 11) is 1.17. The van der Waals surface area contributed by atoms with Gasteiger partial charge in [0.1, 0.15) is 0 Å². The van der Waals surface area contributed by atoms with Gasteiger partial charge in [-0.05, 0) is 0 Å². The molecule has 41 heavy (non-hydrogen) atoms. The van der Waals surface area contributed by atoms with Gasteiger partial charge in [-0.25, -0.2) is 0 Å². The number of methoxy groups -OCH3 is 1. The predicted molar refractivity (Wildman–Crippen MR) is 154 cm³/mol. The zero-order valence-corrected chi connectivity index (χ0v) is 24.3. The number of nitrogens with one attached hydrogen (secondary N) is 1. The zero-order valence-electron chi connectivity index (χ0n) is 23.5. The van der Waals surface area contributed by atoms with Gasteiger partial charge in [0.25, 0.3) is 0 Å². The molecule has 4 rings (SSSR count). The third-order valence-corrected chi connectivity index (χ3v) is 7.60. The number of carbonyl (C=O) groups is 3. The summed E-state index contributed by atoms with van der Waals surface area (Å²) in [4.78, 5) is 48.8. The Bertz CT molecular complexity index is 1330. The first kappa shape index (κ1) is 30.3. The van der Waals surface area contributed by atoms with E-state index in [0.29, 0.717) is 31.9 Å². The number of amides is 3. The van der Waals surface area contributed by atoms with Crippen LogP contribution in [0.5, 0.6) is 0 Å². The number of carbonyl (C=O) groups excluding carboxylic acids is 3. The van der Waals surface area contributed by atoms with Crippen LogP contribution in [0.15, 0.2) is 42.5 Å². The SMILES string of the molecule is CCCCOC(=O)N1CCN(C(=O)[C@H](C#P=O)NC(=O)c2cc(N3CC[C@H](OC)C3)cc(-c3ccccc3)n2)CC1. The fourth-order valence-electron chi connectivity index (χ4n) is 4.82. The van der Waals surface area contributed by atoms with Gasteiger partial charge >= 0.3 is 234 Å². The fraction of sp³-hybridized carbons (Fsp3) is 0.483. The Morgan fingerprint density at radius 1 is 1.10 bits per heavy atom. The second kappa shape index (κ2) is 14.8. The molecule has 2 aromatic rings. The Morgan fingerprint density at radius 3 is 2.49 bits per heavy atom. The molecule has 1 aromatic heterocycles. The summed E-state index contributed by atoms with van der Waals surface area (Å²) < 4.78 is 22.2. The van der Waals surface area contributed by atoms with Crippen molar-refractivity contribution in [2.24, 2.45) is 0 Å². The number of anilines is 1. The molecule has 12 heteroatoms. The molecule has 3 heterocycles. The number of benzene rings is 1. The Balaban J connectivity index is 1.48. The Hall–Kier alpha value is -3.65. The van der Waals surface area contributed by atoms with E-state index < -0.39 is 31.9 Å². The second-order valence-corrected chi connectivity index (χ2v) is 10.4. The van der Waals surface area contributed by atoms with Crippen molar-refractivity contribution in [2.75, 3.05) is 57.9 Å². The first-order valence-corrected chi connectivity index (χ1v) is 14.7. The van der Waals surface area contributed by atoms with Crippen molar-refractivity contribution in [1.29, 1.82) is 0 Å². The van der Waals surface area contributed by atoms with Crippen LogP contribution in [0, 0.1) is 5.63 Å². The molecule has 11 nitrogen and oxygen atoms in total. The van der Waals surface area contributed by atoms with Gasteiger partial charge < -0.3 is 0 Å². The van der Waals surface area contributed by atoms with Crippen LogP contribution in [0.2, 0.25) is 0 Å². The number of hydrogen-bond acceptors (Lipinski definition) is 8. The van der Waals surface area contributed by atoms with E-state index in [0.717, 1.165) is 37.1 Å². The van der Waals surface area contributed by atoms with E-state index in [-0.39, 0.29) is 24.9 Å². The molecular weight excluding hydrogens is 545 g/mol. The van der Waals surface area contributed by atoms with Crippen molar-refractivity contribution in [3.63, 3.8) is 0 Å². The molecule has 3 amide bonds. The molecule has 1 N–H and O–H groups in total. The molecule has 0 aliphatic carbocycles. The standard InChI is InChI=1S/C29H36N5O6P/c1-3-4-16-40-29(37)33-14-12-32(13-15-33)28(36)26(20-41-38)31-27(35)25-18-22(34-11-10-23(19-34)39-2)17-24(30-25)21-8-6-5-7-9-21/h5-9,17-18,23,26H,3-4,10-16,19H2,1-2H3,(H,31,35)/t23-,26-/m0/s1. The normalized spacial score (nSPS) is 17.5. The summed E-state index contributed by atoms with van der Waals surface area (Å²) in [6.45, 7) is 4.95. The molecular formula is C29H36N5O6P. The average Bonchev–Trinajstić information content (AvgIpc) is 3.50. The van der Waals surface area contributed by atoms with E-state index in [2.05, 4.69) is 20.8 Å². The van der Waals surface area contributed by atoms with E-state index in [1.807, 2.05) is 43.3 Å². The molecule has 2 fully saturated rings. The predicted octanol–water partition coefficient (Wildman–Crippen LogP) is 3.40. The molecule has 2 atom stereocenters. The number of hydrogen-bond donors (Lipinski definition) is 1. The van der Waals surface area contributed by atoms with Crippen molar-refractivity contribution in [3.05, 3.63) is 48.2 Å². The summed E-state index contributed by atoms with van der Waals surface area (Å²) in [6.07, 6.45) is 2.29. The Labute approximate surface area is 241 Å². The molecule has 1 aromatic carbocycles. The zero-order chi connectivity index (χ0) is 29.2. The van der Waals surface area contributed by atoms with Crippen LogP contribution in [0.1, 0.15) is 36.7 Å². The molecule has 0 spiro atoms. The van der Waals surface area contributed by atoms with Gasteiger partial charge in [-0.3, -0.25) is 0 Å². The van der Waals surface area contributed by atoms with Gasteiger partial charge in [-0.1, -0.05) is 6.92 Å². The first-order valence-electron chi connectivity index (χ1n) is 13.9. The third kappa shape index (κ3) is 7.97. The maximum absolute atomic E-state index is 13.5. The number of aromatic nitrogens is 1. The number of pyridine rings is 1. The Morgan fingerprint density at radius 2 is 1.83 bits per heavy atom. The van der Waals surface area contributed by atoms with Crippen LogP contribution in [0.25, 0.3) is 11.3 Å². The summed E-state index contributed by atoms with van der Waals surface area (Å²) in [5.41, 5.74) is 4.93. The minimum atomic E-state index is -1.25. The van der Waals surface area contributed by atoms with Crippen LogP contribution >= 0.6 is 7.92 Å². The van der Waals surface area contributed by atoms with Gasteiger partial charge in [-0.2, -0.15) is 0 Å². The number of ether oxygens (including phenoxy) is 2. The average molecular weight is 582 g/mol. The van der Waals surface area contributed by atoms with Crippen molar-refractivity contribution in [3.8, 4) is 16.9 Å². The van der Waals surface area contributed by atoms with Gasteiger partial charge in [0.2, 0.25) is 0 Å². The van der Waals surface area contributed by atoms with Crippen molar-refractivity contribution in [2.45, 2.75) is 38.3 Å². The fourth-order valence-corrected chi connectivity index (χ4v) is 5.10. The molecule has 0 unspecified atom stereocenters. The first-order chi connectivity index (χ1) is 19.9. The summed E-state index contributed by atoms with van der Waals surface area (Å²) in [6, 6.07) is 11.9. The van der Waals surface area contributed by atoms with E-state index in [9.17, 15) is 18.9 Å². The van der Waals surface area contributed by atoms with E-state index in [1.54, 1.807) is 18.1 Å². The van der Waals surface area contributed by atoms with Crippen LogP contribution in [-0.4, -0.2) is 97.8 Å². The Kier molecular flexibility index (Phi) is 11.0. The van der Waals surface area contributed by atoms with Gasteiger partial charge in [-0.15, -0.1) is 0 Å². The summed E-state index contributed by atoms with van der Waals surface area (Å²) in [5.74, 6) is -1.04. The number of nitrogens with zero attached hydrogens (tertiary/aromatic N) is 4. The number of unbranched alkanes of at least 4 members (excludes halogenated alkanes) is 1. The maximum atomic E-state index is 13.5. The van der Waals surface area contributed by atoms with Gasteiger partial charge in [0.15, 0.2) is 0 Å².